The summed E-state index contributed by atoms with van der Waals surface area (Å²) >= 11 is 0. The van der Waals surface area contributed by atoms with Gasteiger partial charge in [0, 0.05) is 18.5 Å². The second kappa shape index (κ2) is 8.75. The van der Waals surface area contributed by atoms with Crippen molar-refractivity contribution in [2.45, 2.75) is 58.5 Å². The molecule has 0 aliphatic rings. The summed E-state index contributed by atoms with van der Waals surface area (Å²) in [6.45, 7) is 7.46. The molecule has 1 aromatic carbocycles. The van der Waals surface area contributed by atoms with E-state index in [1.807, 2.05) is 6.07 Å². The van der Waals surface area contributed by atoms with Gasteiger partial charge in [0.15, 0.2) is 0 Å². The lowest BCUT2D eigenvalue weighted by atomic mass is 10.0. The minimum absolute atomic E-state index is 0.259. The van der Waals surface area contributed by atoms with Gasteiger partial charge in [-0.25, -0.2) is 0 Å². The predicted octanol–water partition coefficient (Wildman–Crippen LogP) is 3.58. The Hall–Kier alpha value is -1.35. The van der Waals surface area contributed by atoms with Crippen molar-refractivity contribution in [3.8, 4) is 0 Å². The molecular formula is C17H27NO2. The maximum Gasteiger partial charge on any atom is 0.303 e. The quantitative estimate of drug-likeness (QED) is 0.750. The third-order valence-electron chi connectivity index (χ3n) is 3.73. The topological polar surface area (TPSA) is 40.5 Å². The molecule has 0 aliphatic heterocycles. The van der Waals surface area contributed by atoms with Gasteiger partial charge in [-0.1, -0.05) is 30.3 Å². The van der Waals surface area contributed by atoms with Crippen LogP contribution in [0.4, 0.5) is 0 Å². The highest BCUT2D eigenvalue weighted by atomic mass is 16.4. The first-order valence-electron chi connectivity index (χ1n) is 7.52. The lowest BCUT2D eigenvalue weighted by Gasteiger charge is -2.32. The van der Waals surface area contributed by atoms with Crippen LogP contribution in [-0.4, -0.2) is 34.6 Å². The lowest BCUT2D eigenvalue weighted by Crippen LogP contribution is -2.39. The first-order valence-corrected chi connectivity index (χ1v) is 7.52. The van der Waals surface area contributed by atoms with Crippen LogP contribution in [0.5, 0.6) is 0 Å². The smallest absolute Gasteiger partial charge is 0.303 e. The van der Waals surface area contributed by atoms with Crippen molar-refractivity contribution >= 4 is 5.97 Å². The number of hydrogen-bond acceptors (Lipinski definition) is 2. The van der Waals surface area contributed by atoms with Crippen LogP contribution in [0.3, 0.4) is 0 Å². The van der Waals surface area contributed by atoms with Crippen LogP contribution in [0, 0.1) is 0 Å². The number of nitrogens with zero attached hydrogens (tertiary/aromatic N) is 1. The van der Waals surface area contributed by atoms with E-state index in [0.717, 1.165) is 25.8 Å². The van der Waals surface area contributed by atoms with Gasteiger partial charge in [-0.3, -0.25) is 9.69 Å². The molecule has 1 aromatic rings. The summed E-state index contributed by atoms with van der Waals surface area (Å²) in [5.41, 5.74) is 1.37. The van der Waals surface area contributed by atoms with Crippen LogP contribution < -0.4 is 0 Å². The molecule has 3 nitrogen and oxygen atoms in total. The van der Waals surface area contributed by atoms with E-state index in [0.29, 0.717) is 12.1 Å². The Bertz CT molecular complexity index is 389. The fourth-order valence-electron chi connectivity index (χ4n) is 2.59. The number of carboxylic acids is 1. The average Bonchev–Trinajstić information content (AvgIpc) is 2.41. The molecule has 0 spiro atoms. The summed E-state index contributed by atoms with van der Waals surface area (Å²) in [5.74, 6) is -0.703. The van der Waals surface area contributed by atoms with E-state index in [1.54, 1.807) is 0 Å². The Kier molecular flexibility index (Phi) is 7.31. The highest BCUT2D eigenvalue weighted by Gasteiger charge is 2.17. The number of hydrogen-bond donors (Lipinski definition) is 1. The van der Waals surface area contributed by atoms with Gasteiger partial charge in [-0.05, 0) is 52.1 Å². The molecule has 0 fully saturated rings. The van der Waals surface area contributed by atoms with Crippen LogP contribution in [0.25, 0.3) is 0 Å². The van der Waals surface area contributed by atoms with E-state index in [2.05, 4.69) is 49.9 Å². The zero-order valence-corrected chi connectivity index (χ0v) is 12.9. The van der Waals surface area contributed by atoms with Crippen molar-refractivity contribution in [1.29, 1.82) is 0 Å². The molecule has 1 atom stereocenters. The Labute approximate surface area is 122 Å². The molecule has 1 rings (SSSR count). The SMILES string of the molecule is CC(C)N(CCCC(=O)O)C(C)CCc1ccccc1. The van der Waals surface area contributed by atoms with Gasteiger partial charge in [-0.2, -0.15) is 0 Å². The van der Waals surface area contributed by atoms with Crippen LogP contribution in [0.1, 0.15) is 45.6 Å². The zero-order chi connectivity index (χ0) is 15.0. The van der Waals surface area contributed by atoms with Gasteiger partial charge in [0.25, 0.3) is 0 Å². The molecule has 0 radical (unpaired) electrons. The summed E-state index contributed by atoms with van der Waals surface area (Å²) in [5, 5.41) is 8.74. The Morgan fingerprint density at radius 3 is 2.40 bits per heavy atom. The summed E-state index contributed by atoms with van der Waals surface area (Å²) in [6, 6.07) is 11.5. The zero-order valence-electron chi connectivity index (χ0n) is 12.9. The van der Waals surface area contributed by atoms with Gasteiger partial charge in [-0.15, -0.1) is 0 Å². The van der Waals surface area contributed by atoms with E-state index in [-0.39, 0.29) is 6.42 Å². The second-order valence-electron chi connectivity index (χ2n) is 5.70. The van der Waals surface area contributed by atoms with Crippen LogP contribution >= 0.6 is 0 Å². The summed E-state index contributed by atoms with van der Waals surface area (Å²) < 4.78 is 0. The van der Waals surface area contributed by atoms with Crippen LogP contribution in [0.2, 0.25) is 0 Å². The van der Waals surface area contributed by atoms with Crippen molar-refractivity contribution in [1.82, 2.24) is 4.90 Å². The molecule has 0 saturated carbocycles. The van der Waals surface area contributed by atoms with Crippen molar-refractivity contribution in [3.63, 3.8) is 0 Å². The number of aryl methyl sites for hydroxylation is 1. The molecule has 1 unspecified atom stereocenters. The third-order valence-corrected chi connectivity index (χ3v) is 3.73. The number of benzene rings is 1. The molecular weight excluding hydrogens is 250 g/mol. The molecule has 112 valence electrons. The molecule has 3 heteroatoms. The summed E-state index contributed by atoms with van der Waals surface area (Å²) in [7, 11) is 0. The number of aliphatic carboxylic acids is 1. The Balaban J connectivity index is 2.43. The normalized spacial score (nSPS) is 12.8. The number of carbonyl (C=O) groups is 1. The summed E-state index contributed by atoms with van der Waals surface area (Å²) in [4.78, 5) is 13.0. The van der Waals surface area contributed by atoms with Crippen LogP contribution in [0.15, 0.2) is 30.3 Å². The van der Waals surface area contributed by atoms with Gasteiger partial charge >= 0.3 is 5.97 Å². The molecule has 1 N–H and O–H groups in total. The van der Waals surface area contributed by atoms with E-state index in [9.17, 15) is 4.79 Å². The Morgan fingerprint density at radius 1 is 1.20 bits per heavy atom. The minimum atomic E-state index is -0.703. The standard InChI is InChI=1S/C17H27NO2/c1-14(2)18(13-7-10-17(19)20)15(3)11-12-16-8-5-4-6-9-16/h4-6,8-9,14-15H,7,10-13H2,1-3H3,(H,19,20). The fourth-order valence-corrected chi connectivity index (χ4v) is 2.59. The second-order valence-corrected chi connectivity index (χ2v) is 5.70. The Morgan fingerprint density at radius 2 is 1.85 bits per heavy atom. The molecule has 20 heavy (non-hydrogen) atoms. The first kappa shape index (κ1) is 16.7. The van der Waals surface area contributed by atoms with Crippen molar-refractivity contribution in [2.24, 2.45) is 0 Å². The minimum Gasteiger partial charge on any atom is -0.481 e. The molecule has 0 heterocycles. The maximum absolute atomic E-state index is 10.6. The van der Waals surface area contributed by atoms with Gasteiger partial charge < -0.3 is 5.11 Å². The van der Waals surface area contributed by atoms with Crippen LogP contribution in [-0.2, 0) is 11.2 Å². The number of carboxylic acid groups (broad SMARTS) is 1. The first-order chi connectivity index (χ1) is 9.50. The van der Waals surface area contributed by atoms with E-state index >= 15 is 0 Å². The van der Waals surface area contributed by atoms with Gasteiger partial charge in [0.2, 0.25) is 0 Å². The molecule has 0 bridgehead atoms. The third kappa shape index (κ3) is 6.20. The molecule has 0 saturated heterocycles. The van der Waals surface area contributed by atoms with Crippen molar-refractivity contribution < 1.29 is 9.90 Å². The summed E-state index contributed by atoms with van der Waals surface area (Å²) in [6.07, 6.45) is 3.16. The predicted molar refractivity (Wildman–Crippen MR) is 82.9 cm³/mol. The maximum atomic E-state index is 10.6. The molecule has 0 aromatic heterocycles. The highest BCUT2D eigenvalue weighted by Crippen LogP contribution is 2.13. The van der Waals surface area contributed by atoms with Gasteiger partial charge in [0.1, 0.15) is 0 Å². The molecule has 0 aliphatic carbocycles. The van der Waals surface area contributed by atoms with E-state index < -0.39 is 5.97 Å². The van der Waals surface area contributed by atoms with E-state index in [4.69, 9.17) is 5.11 Å². The largest absolute Gasteiger partial charge is 0.481 e. The number of rotatable bonds is 9. The molecule has 0 amide bonds. The van der Waals surface area contributed by atoms with E-state index in [1.165, 1.54) is 5.56 Å². The van der Waals surface area contributed by atoms with Crippen molar-refractivity contribution in [3.05, 3.63) is 35.9 Å². The monoisotopic (exact) mass is 277 g/mol. The lowest BCUT2D eigenvalue weighted by molar-refractivity contribution is -0.137. The van der Waals surface area contributed by atoms with Gasteiger partial charge in [0.05, 0.1) is 0 Å². The van der Waals surface area contributed by atoms with Crippen molar-refractivity contribution in [2.75, 3.05) is 6.54 Å². The fraction of sp³-hybridized carbons (Fsp3) is 0.588. The average molecular weight is 277 g/mol. The highest BCUT2D eigenvalue weighted by molar-refractivity contribution is 5.66.